The van der Waals surface area contributed by atoms with Crippen molar-refractivity contribution in [2.24, 2.45) is 0 Å². The third-order valence-electron chi connectivity index (χ3n) is 4.86. The van der Waals surface area contributed by atoms with Crippen molar-refractivity contribution < 1.29 is 4.79 Å². The highest BCUT2D eigenvalue weighted by molar-refractivity contribution is 6.30. The molecule has 25 heavy (non-hydrogen) atoms. The number of para-hydroxylation sites is 1. The summed E-state index contributed by atoms with van der Waals surface area (Å²) in [5.41, 5.74) is 2.40. The van der Waals surface area contributed by atoms with Gasteiger partial charge in [0.15, 0.2) is 0 Å². The number of aromatic nitrogens is 2. The third kappa shape index (κ3) is 3.54. The summed E-state index contributed by atoms with van der Waals surface area (Å²) in [6.07, 6.45) is 1.89. The molecule has 5 heteroatoms. The molecule has 0 unspecified atom stereocenters. The molecule has 4 nitrogen and oxygen atoms in total. The highest BCUT2D eigenvalue weighted by Crippen LogP contribution is 2.30. The van der Waals surface area contributed by atoms with Crippen LogP contribution in [0, 0.1) is 0 Å². The Morgan fingerprint density at radius 3 is 2.48 bits per heavy atom. The second-order valence-electron chi connectivity index (χ2n) is 6.24. The molecule has 0 fully saturated rings. The number of benzene rings is 2. The molecule has 0 aliphatic heterocycles. The van der Waals surface area contributed by atoms with Crippen molar-refractivity contribution in [3.8, 4) is 0 Å². The van der Waals surface area contributed by atoms with E-state index in [4.69, 9.17) is 11.6 Å². The van der Waals surface area contributed by atoms with E-state index in [1.54, 1.807) is 0 Å². The summed E-state index contributed by atoms with van der Waals surface area (Å²) >= 11 is 6.01. The van der Waals surface area contributed by atoms with Crippen LogP contribution < -0.4 is 5.32 Å². The summed E-state index contributed by atoms with van der Waals surface area (Å²) in [6.45, 7) is 4.17. The minimum Gasteiger partial charge on any atom is -0.346 e. The van der Waals surface area contributed by atoms with Crippen molar-refractivity contribution in [2.75, 3.05) is 0 Å². The van der Waals surface area contributed by atoms with Gasteiger partial charge in [-0.2, -0.15) is 5.10 Å². The fraction of sp³-hybridized carbons (Fsp3) is 0.300. The van der Waals surface area contributed by atoms with Crippen LogP contribution in [-0.2, 0) is 16.8 Å². The molecule has 2 N–H and O–H groups in total. The molecule has 0 bridgehead atoms. The Morgan fingerprint density at radius 1 is 1.12 bits per heavy atom. The number of carbonyl (C=O) groups is 1. The molecule has 1 heterocycles. The Bertz CT molecular complexity index is 866. The standard InChI is InChI=1S/C20H22ClN3O/c1-3-20(4-2,14-9-11-15(21)12-10-14)22-19(25)13-18-16-7-5-6-8-17(16)23-24-18/h5-12H,3-4,13H2,1-2H3,(H,22,25)(H,23,24). The molecule has 0 radical (unpaired) electrons. The summed E-state index contributed by atoms with van der Waals surface area (Å²) in [5, 5.41) is 12.2. The van der Waals surface area contributed by atoms with Gasteiger partial charge in [0, 0.05) is 10.4 Å². The van der Waals surface area contributed by atoms with Crippen LogP contribution in [0.25, 0.3) is 10.9 Å². The summed E-state index contributed by atoms with van der Waals surface area (Å²) in [4.78, 5) is 12.7. The number of rotatable bonds is 6. The lowest BCUT2D eigenvalue weighted by Crippen LogP contribution is -2.45. The smallest absolute Gasteiger partial charge is 0.226 e. The number of halogens is 1. The van der Waals surface area contributed by atoms with Crippen LogP contribution in [0.1, 0.15) is 37.9 Å². The normalized spacial score (nSPS) is 11.6. The van der Waals surface area contributed by atoms with Crippen molar-refractivity contribution in [3.05, 3.63) is 64.8 Å². The Balaban J connectivity index is 1.82. The first-order valence-corrected chi connectivity index (χ1v) is 8.95. The number of hydrogen-bond donors (Lipinski definition) is 2. The Morgan fingerprint density at radius 2 is 1.80 bits per heavy atom. The van der Waals surface area contributed by atoms with E-state index in [1.807, 2.05) is 48.5 Å². The van der Waals surface area contributed by atoms with E-state index in [-0.39, 0.29) is 12.3 Å². The van der Waals surface area contributed by atoms with Crippen LogP contribution in [0.2, 0.25) is 5.02 Å². The summed E-state index contributed by atoms with van der Waals surface area (Å²) in [7, 11) is 0. The monoisotopic (exact) mass is 355 g/mol. The van der Waals surface area contributed by atoms with Crippen LogP contribution in [-0.4, -0.2) is 16.1 Å². The van der Waals surface area contributed by atoms with Gasteiger partial charge in [-0.3, -0.25) is 9.89 Å². The minimum atomic E-state index is -0.391. The van der Waals surface area contributed by atoms with Crippen LogP contribution in [0.5, 0.6) is 0 Å². The molecular weight excluding hydrogens is 334 g/mol. The molecule has 0 spiro atoms. The first-order valence-electron chi connectivity index (χ1n) is 8.57. The number of H-pyrrole nitrogens is 1. The van der Waals surface area contributed by atoms with E-state index in [2.05, 4.69) is 29.4 Å². The molecule has 0 saturated carbocycles. The first-order chi connectivity index (χ1) is 12.1. The molecule has 0 atom stereocenters. The Hall–Kier alpha value is -2.33. The van der Waals surface area contributed by atoms with Crippen molar-refractivity contribution in [2.45, 2.75) is 38.6 Å². The van der Waals surface area contributed by atoms with Gasteiger partial charge < -0.3 is 5.32 Å². The number of nitrogens with zero attached hydrogens (tertiary/aromatic N) is 1. The number of amides is 1. The van der Waals surface area contributed by atoms with E-state index < -0.39 is 5.54 Å². The largest absolute Gasteiger partial charge is 0.346 e. The van der Waals surface area contributed by atoms with Crippen LogP contribution in [0.4, 0.5) is 0 Å². The maximum atomic E-state index is 12.7. The molecule has 1 aromatic heterocycles. The third-order valence-corrected chi connectivity index (χ3v) is 5.11. The SMILES string of the molecule is CCC(CC)(NC(=O)Cc1[nH]nc2ccccc12)c1ccc(Cl)cc1. The molecule has 0 aliphatic rings. The highest BCUT2D eigenvalue weighted by Gasteiger charge is 2.30. The van der Waals surface area contributed by atoms with Gasteiger partial charge >= 0.3 is 0 Å². The molecule has 130 valence electrons. The number of hydrogen-bond acceptors (Lipinski definition) is 2. The van der Waals surface area contributed by atoms with Gasteiger partial charge in [-0.15, -0.1) is 0 Å². The van der Waals surface area contributed by atoms with Crippen LogP contribution >= 0.6 is 11.6 Å². The van der Waals surface area contributed by atoms with Crippen molar-refractivity contribution >= 4 is 28.4 Å². The summed E-state index contributed by atoms with van der Waals surface area (Å²) in [5.74, 6) is -0.0203. The Kier molecular flexibility index (Phi) is 5.09. The summed E-state index contributed by atoms with van der Waals surface area (Å²) in [6, 6.07) is 15.5. The lowest BCUT2D eigenvalue weighted by Gasteiger charge is -2.33. The number of fused-ring (bicyclic) bond motifs is 1. The van der Waals surface area contributed by atoms with E-state index >= 15 is 0 Å². The average Bonchev–Trinajstić information content (AvgIpc) is 3.03. The topological polar surface area (TPSA) is 57.8 Å². The van der Waals surface area contributed by atoms with Gasteiger partial charge in [-0.1, -0.05) is 55.8 Å². The quantitative estimate of drug-likeness (QED) is 0.679. The molecular formula is C20H22ClN3O. The number of aromatic amines is 1. The average molecular weight is 356 g/mol. The molecule has 1 amide bonds. The van der Waals surface area contributed by atoms with Gasteiger partial charge in [-0.05, 0) is 36.6 Å². The minimum absolute atomic E-state index is 0.0203. The zero-order valence-corrected chi connectivity index (χ0v) is 15.2. The van der Waals surface area contributed by atoms with Crippen molar-refractivity contribution in [3.63, 3.8) is 0 Å². The van der Waals surface area contributed by atoms with Crippen LogP contribution in [0.3, 0.4) is 0 Å². The fourth-order valence-corrected chi connectivity index (χ4v) is 3.42. The van der Waals surface area contributed by atoms with Gasteiger partial charge in [0.1, 0.15) is 0 Å². The maximum absolute atomic E-state index is 12.7. The predicted octanol–water partition coefficient (Wildman–Crippen LogP) is 4.59. The molecule has 2 aromatic carbocycles. The number of carbonyl (C=O) groups excluding carboxylic acids is 1. The van der Waals surface area contributed by atoms with Gasteiger partial charge in [-0.25, -0.2) is 0 Å². The molecule has 3 aromatic rings. The zero-order chi connectivity index (χ0) is 17.9. The zero-order valence-electron chi connectivity index (χ0n) is 14.5. The predicted molar refractivity (Wildman–Crippen MR) is 102 cm³/mol. The second kappa shape index (κ2) is 7.28. The van der Waals surface area contributed by atoms with Crippen molar-refractivity contribution in [1.82, 2.24) is 15.5 Å². The van der Waals surface area contributed by atoms with Crippen molar-refractivity contribution in [1.29, 1.82) is 0 Å². The van der Waals surface area contributed by atoms with E-state index in [0.29, 0.717) is 5.02 Å². The lowest BCUT2D eigenvalue weighted by molar-refractivity contribution is -0.122. The second-order valence-corrected chi connectivity index (χ2v) is 6.68. The Labute approximate surface area is 152 Å². The lowest BCUT2D eigenvalue weighted by atomic mass is 9.84. The first kappa shape index (κ1) is 17.5. The number of nitrogens with one attached hydrogen (secondary N) is 2. The van der Waals surface area contributed by atoms with Gasteiger partial charge in [0.25, 0.3) is 0 Å². The van der Waals surface area contributed by atoms with Gasteiger partial charge in [0.05, 0.1) is 23.2 Å². The maximum Gasteiger partial charge on any atom is 0.226 e. The van der Waals surface area contributed by atoms with Gasteiger partial charge in [0.2, 0.25) is 5.91 Å². The highest BCUT2D eigenvalue weighted by atomic mass is 35.5. The molecule has 3 rings (SSSR count). The van der Waals surface area contributed by atoms with E-state index in [1.165, 1.54) is 0 Å². The summed E-state index contributed by atoms with van der Waals surface area (Å²) < 4.78 is 0. The van der Waals surface area contributed by atoms with Crippen LogP contribution in [0.15, 0.2) is 48.5 Å². The molecule has 0 saturated heterocycles. The fourth-order valence-electron chi connectivity index (χ4n) is 3.30. The van der Waals surface area contributed by atoms with E-state index in [0.717, 1.165) is 35.0 Å². The van der Waals surface area contributed by atoms with E-state index in [9.17, 15) is 4.79 Å². The molecule has 0 aliphatic carbocycles.